The van der Waals surface area contributed by atoms with E-state index in [4.69, 9.17) is 11.6 Å². The van der Waals surface area contributed by atoms with Crippen LogP contribution in [0.15, 0.2) is 46.3 Å². The SMILES string of the molecule is CNc1cc(C(F)(F)F)cc(Sc2ccccc2Cl)n1. The van der Waals surface area contributed by atoms with E-state index >= 15 is 0 Å². The molecule has 106 valence electrons. The molecule has 0 atom stereocenters. The highest BCUT2D eigenvalue weighted by Gasteiger charge is 2.31. The maximum absolute atomic E-state index is 12.8. The second kappa shape index (κ2) is 5.93. The van der Waals surface area contributed by atoms with Crippen LogP contribution in [0.25, 0.3) is 0 Å². The number of rotatable bonds is 3. The summed E-state index contributed by atoms with van der Waals surface area (Å²) in [5.41, 5.74) is -0.744. The second-order valence-electron chi connectivity index (χ2n) is 3.86. The Balaban J connectivity index is 2.39. The summed E-state index contributed by atoms with van der Waals surface area (Å²) >= 11 is 7.08. The van der Waals surface area contributed by atoms with Crippen LogP contribution >= 0.6 is 23.4 Å². The first kappa shape index (κ1) is 15.0. The molecular formula is C13H10ClF3N2S. The van der Waals surface area contributed by atoms with Crippen LogP contribution in [0.4, 0.5) is 19.0 Å². The van der Waals surface area contributed by atoms with Gasteiger partial charge in [-0.05, 0) is 24.3 Å². The number of hydrogen-bond acceptors (Lipinski definition) is 3. The molecule has 1 aromatic carbocycles. The molecule has 1 aromatic heterocycles. The van der Waals surface area contributed by atoms with Crippen molar-refractivity contribution in [3.05, 3.63) is 47.0 Å². The Labute approximate surface area is 123 Å². The van der Waals surface area contributed by atoms with Gasteiger partial charge in [-0.3, -0.25) is 0 Å². The fraction of sp³-hybridized carbons (Fsp3) is 0.154. The Bertz CT molecular complexity index is 617. The van der Waals surface area contributed by atoms with Gasteiger partial charge in [-0.25, -0.2) is 4.98 Å². The van der Waals surface area contributed by atoms with E-state index in [0.717, 1.165) is 23.9 Å². The maximum Gasteiger partial charge on any atom is 0.416 e. The Morgan fingerprint density at radius 1 is 1.20 bits per heavy atom. The molecular weight excluding hydrogens is 309 g/mol. The van der Waals surface area contributed by atoms with Gasteiger partial charge in [0.1, 0.15) is 10.8 Å². The molecule has 0 amide bonds. The third-order valence-electron chi connectivity index (χ3n) is 2.44. The highest BCUT2D eigenvalue weighted by Crippen LogP contribution is 2.37. The number of pyridine rings is 1. The normalized spacial score (nSPS) is 11.4. The molecule has 2 rings (SSSR count). The molecule has 1 N–H and O–H groups in total. The number of alkyl halides is 3. The van der Waals surface area contributed by atoms with Gasteiger partial charge in [0.15, 0.2) is 0 Å². The minimum Gasteiger partial charge on any atom is -0.373 e. The number of benzene rings is 1. The van der Waals surface area contributed by atoms with Gasteiger partial charge in [-0.2, -0.15) is 13.2 Å². The first-order valence-electron chi connectivity index (χ1n) is 5.59. The van der Waals surface area contributed by atoms with E-state index in [9.17, 15) is 13.2 Å². The molecule has 1 heterocycles. The molecule has 0 fully saturated rings. The van der Waals surface area contributed by atoms with Crippen molar-refractivity contribution in [1.29, 1.82) is 0 Å². The number of nitrogens with zero attached hydrogens (tertiary/aromatic N) is 1. The molecule has 0 aliphatic rings. The third-order valence-corrected chi connectivity index (χ3v) is 3.87. The molecule has 2 nitrogen and oxygen atoms in total. The van der Waals surface area contributed by atoms with Gasteiger partial charge in [0, 0.05) is 11.9 Å². The Morgan fingerprint density at radius 3 is 2.50 bits per heavy atom. The molecule has 20 heavy (non-hydrogen) atoms. The third kappa shape index (κ3) is 3.58. The van der Waals surface area contributed by atoms with E-state index < -0.39 is 11.7 Å². The van der Waals surface area contributed by atoms with Gasteiger partial charge in [0.25, 0.3) is 0 Å². The minimum atomic E-state index is -4.41. The van der Waals surface area contributed by atoms with E-state index in [1.165, 1.54) is 7.05 Å². The molecule has 0 spiro atoms. The summed E-state index contributed by atoms with van der Waals surface area (Å²) in [5.74, 6) is 0.161. The smallest absolute Gasteiger partial charge is 0.373 e. The second-order valence-corrected chi connectivity index (χ2v) is 5.33. The first-order chi connectivity index (χ1) is 9.40. The predicted molar refractivity (Wildman–Crippen MR) is 74.4 cm³/mol. The number of halogens is 4. The van der Waals surface area contributed by atoms with Gasteiger partial charge in [0.05, 0.1) is 10.6 Å². The van der Waals surface area contributed by atoms with E-state index in [1.54, 1.807) is 24.3 Å². The van der Waals surface area contributed by atoms with Gasteiger partial charge in [-0.1, -0.05) is 35.5 Å². The maximum atomic E-state index is 12.8. The summed E-state index contributed by atoms with van der Waals surface area (Å²) in [4.78, 5) is 4.75. The van der Waals surface area contributed by atoms with Crippen LogP contribution in [-0.2, 0) is 6.18 Å². The average Bonchev–Trinajstić information content (AvgIpc) is 2.40. The Kier molecular flexibility index (Phi) is 4.45. The van der Waals surface area contributed by atoms with Crippen molar-refractivity contribution >= 4 is 29.2 Å². The molecule has 0 radical (unpaired) electrons. The Morgan fingerprint density at radius 2 is 1.90 bits per heavy atom. The van der Waals surface area contributed by atoms with Gasteiger partial charge in [-0.15, -0.1) is 0 Å². The lowest BCUT2D eigenvalue weighted by Gasteiger charge is -2.11. The zero-order chi connectivity index (χ0) is 14.8. The van der Waals surface area contributed by atoms with Crippen LogP contribution in [0.1, 0.15) is 5.56 Å². The van der Waals surface area contributed by atoms with Crippen LogP contribution < -0.4 is 5.32 Å². The standard InChI is InChI=1S/C13H10ClF3N2S/c1-18-11-6-8(13(15,16)17)7-12(19-11)20-10-5-3-2-4-9(10)14/h2-7H,1H3,(H,18,19). The fourth-order valence-corrected chi connectivity index (χ4v) is 2.61. The van der Waals surface area contributed by atoms with Crippen molar-refractivity contribution in [2.75, 3.05) is 12.4 Å². The summed E-state index contributed by atoms with van der Waals surface area (Å²) in [5, 5.41) is 3.33. The van der Waals surface area contributed by atoms with Crippen LogP contribution in [0.2, 0.25) is 5.02 Å². The van der Waals surface area contributed by atoms with E-state index in [0.29, 0.717) is 9.92 Å². The summed E-state index contributed by atoms with van der Waals surface area (Å²) in [6.45, 7) is 0. The summed E-state index contributed by atoms with van der Waals surface area (Å²) < 4.78 is 38.4. The van der Waals surface area contributed by atoms with Gasteiger partial charge < -0.3 is 5.32 Å². The van der Waals surface area contributed by atoms with Gasteiger partial charge in [0.2, 0.25) is 0 Å². The molecule has 0 bridgehead atoms. The monoisotopic (exact) mass is 318 g/mol. The molecule has 2 aromatic rings. The largest absolute Gasteiger partial charge is 0.416 e. The lowest BCUT2D eigenvalue weighted by atomic mass is 10.2. The van der Waals surface area contributed by atoms with Crippen molar-refractivity contribution in [2.45, 2.75) is 16.1 Å². The quantitative estimate of drug-likeness (QED) is 0.867. The summed E-state index contributed by atoms with van der Waals surface area (Å²) in [6.07, 6.45) is -4.41. The minimum absolute atomic E-state index is 0.161. The van der Waals surface area contributed by atoms with Crippen LogP contribution in [0, 0.1) is 0 Å². The number of hydrogen-bond donors (Lipinski definition) is 1. The number of aromatic nitrogens is 1. The fourth-order valence-electron chi connectivity index (χ4n) is 1.49. The molecule has 0 saturated heterocycles. The Hall–Kier alpha value is -1.40. The lowest BCUT2D eigenvalue weighted by molar-refractivity contribution is -0.137. The van der Waals surface area contributed by atoms with E-state index in [2.05, 4.69) is 10.3 Å². The van der Waals surface area contributed by atoms with E-state index in [-0.39, 0.29) is 10.8 Å². The van der Waals surface area contributed by atoms with E-state index in [1.807, 2.05) is 0 Å². The number of nitrogens with one attached hydrogen (secondary N) is 1. The topological polar surface area (TPSA) is 24.9 Å². The van der Waals surface area contributed by atoms with Crippen molar-refractivity contribution in [3.8, 4) is 0 Å². The van der Waals surface area contributed by atoms with Crippen LogP contribution in [0.5, 0.6) is 0 Å². The zero-order valence-corrected chi connectivity index (χ0v) is 11.9. The molecule has 7 heteroatoms. The molecule has 0 aliphatic carbocycles. The molecule has 0 aliphatic heterocycles. The van der Waals surface area contributed by atoms with Crippen LogP contribution in [0.3, 0.4) is 0 Å². The van der Waals surface area contributed by atoms with Crippen molar-refractivity contribution < 1.29 is 13.2 Å². The highest BCUT2D eigenvalue weighted by atomic mass is 35.5. The predicted octanol–water partition coefficient (Wildman–Crippen LogP) is 4.95. The molecule has 0 unspecified atom stereocenters. The number of anilines is 1. The summed E-state index contributed by atoms with van der Waals surface area (Å²) in [7, 11) is 1.52. The summed E-state index contributed by atoms with van der Waals surface area (Å²) in [6, 6.07) is 8.90. The average molecular weight is 319 g/mol. The van der Waals surface area contributed by atoms with Crippen molar-refractivity contribution in [3.63, 3.8) is 0 Å². The zero-order valence-electron chi connectivity index (χ0n) is 10.3. The molecule has 0 saturated carbocycles. The van der Waals surface area contributed by atoms with Crippen molar-refractivity contribution in [2.24, 2.45) is 0 Å². The highest BCUT2D eigenvalue weighted by molar-refractivity contribution is 7.99. The van der Waals surface area contributed by atoms with Crippen molar-refractivity contribution in [1.82, 2.24) is 4.98 Å². The lowest BCUT2D eigenvalue weighted by Crippen LogP contribution is -2.07. The first-order valence-corrected chi connectivity index (χ1v) is 6.79. The van der Waals surface area contributed by atoms with Crippen LogP contribution in [-0.4, -0.2) is 12.0 Å². The van der Waals surface area contributed by atoms with Gasteiger partial charge >= 0.3 is 6.18 Å².